The Morgan fingerprint density at radius 3 is 2.92 bits per heavy atom. The first-order chi connectivity index (χ1) is 5.71. The Bertz CT molecular complexity index is 281. The second-order valence-electron chi connectivity index (χ2n) is 3.05. The van der Waals surface area contributed by atoms with Crippen LogP contribution in [0, 0.1) is 0 Å². The van der Waals surface area contributed by atoms with E-state index >= 15 is 0 Å². The number of hydrogen-bond acceptors (Lipinski definition) is 4. The summed E-state index contributed by atoms with van der Waals surface area (Å²) in [4.78, 5) is 3.93. The van der Waals surface area contributed by atoms with Gasteiger partial charge in [-0.25, -0.2) is 0 Å². The molecule has 1 aromatic rings. The average molecular weight is 189 g/mol. The van der Waals surface area contributed by atoms with Crippen molar-refractivity contribution in [1.82, 2.24) is 10.1 Å². The van der Waals surface area contributed by atoms with E-state index in [1.807, 2.05) is 6.92 Å². The second-order valence-corrected chi connectivity index (χ2v) is 3.39. The average Bonchev–Trinajstić information content (AvgIpc) is 2.59. The SMILES string of the molecule is CC1(c2nc(Cl)no2)CCCO1. The van der Waals surface area contributed by atoms with Gasteiger partial charge in [0.1, 0.15) is 5.60 Å². The normalized spacial score (nSPS) is 29.5. The Morgan fingerprint density at radius 1 is 1.58 bits per heavy atom. The van der Waals surface area contributed by atoms with Crippen molar-refractivity contribution in [2.24, 2.45) is 0 Å². The summed E-state index contributed by atoms with van der Waals surface area (Å²) in [7, 11) is 0. The van der Waals surface area contributed by atoms with E-state index in [2.05, 4.69) is 10.1 Å². The summed E-state index contributed by atoms with van der Waals surface area (Å²) in [6, 6.07) is 0. The molecule has 5 heteroatoms. The van der Waals surface area contributed by atoms with Crippen LogP contribution >= 0.6 is 11.6 Å². The lowest BCUT2D eigenvalue weighted by molar-refractivity contribution is -0.00937. The second kappa shape index (κ2) is 2.71. The highest BCUT2D eigenvalue weighted by molar-refractivity contribution is 6.28. The highest BCUT2D eigenvalue weighted by Gasteiger charge is 2.37. The minimum absolute atomic E-state index is 0.140. The Labute approximate surface area is 74.9 Å². The zero-order valence-corrected chi connectivity index (χ0v) is 7.47. The van der Waals surface area contributed by atoms with Crippen LogP contribution in [0.15, 0.2) is 4.52 Å². The fraction of sp³-hybridized carbons (Fsp3) is 0.714. The van der Waals surface area contributed by atoms with Gasteiger partial charge in [-0.3, -0.25) is 0 Å². The first-order valence-electron chi connectivity index (χ1n) is 3.84. The monoisotopic (exact) mass is 188 g/mol. The third-order valence-corrected chi connectivity index (χ3v) is 2.23. The first kappa shape index (κ1) is 8.01. The molecule has 1 atom stereocenters. The molecule has 1 aromatic heterocycles. The molecule has 2 rings (SSSR count). The fourth-order valence-corrected chi connectivity index (χ4v) is 1.48. The van der Waals surface area contributed by atoms with Gasteiger partial charge < -0.3 is 9.26 Å². The van der Waals surface area contributed by atoms with Crippen LogP contribution in [0.5, 0.6) is 0 Å². The van der Waals surface area contributed by atoms with Gasteiger partial charge in [0, 0.05) is 6.61 Å². The number of aromatic nitrogens is 2. The van der Waals surface area contributed by atoms with Crippen molar-refractivity contribution in [2.75, 3.05) is 6.61 Å². The van der Waals surface area contributed by atoms with Gasteiger partial charge in [0.25, 0.3) is 11.2 Å². The van der Waals surface area contributed by atoms with Gasteiger partial charge in [-0.05, 0) is 36.5 Å². The number of nitrogens with zero attached hydrogens (tertiary/aromatic N) is 2. The Kier molecular flexibility index (Phi) is 1.81. The number of rotatable bonds is 1. The third-order valence-electron chi connectivity index (χ3n) is 2.07. The molecule has 0 radical (unpaired) electrons. The van der Waals surface area contributed by atoms with Gasteiger partial charge in [0.05, 0.1) is 0 Å². The van der Waals surface area contributed by atoms with E-state index in [1.165, 1.54) is 0 Å². The van der Waals surface area contributed by atoms with Gasteiger partial charge in [0.15, 0.2) is 0 Å². The van der Waals surface area contributed by atoms with E-state index < -0.39 is 5.60 Å². The summed E-state index contributed by atoms with van der Waals surface area (Å²) in [5.41, 5.74) is -0.417. The van der Waals surface area contributed by atoms with Crippen LogP contribution in [-0.2, 0) is 10.3 Å². The summed E-state index contributed by atoms with van der Waals surface area (Å²) in [5.74, 6) is 0.477. The minimum atomic E-state index is -0.417. The number of hydrogen-bond donors (Lipinski definition) is 0. The van der Waals surface area contributed by atoms with Crippen molar-refractivity contribution >= 4 is 11.6 Å². The molecule has 0 aliphatic carbocycles. The van der Waals surface area contributed by atoms with E-state index in [1.54, 1.807) is 0 Å². The van der Waals surface area contributed by atoms with Gasteiger partial charge in [-0.15, -0.1) is 0 Å². The minimum Gasteiger partial charge on any atom is -0.365 e. The van der Waals surface area contributed by atoms with Crippen molar-refractivity contribution in [3.63, 3.8) is 0 Å². The van der Waals surface area contributed by atoms with E-state index in [-0.39, 0.29) is 5.28 Å². The molecule has 12 heavy (non-hydrogen) atoms. The summed E-state index contributed by atoms with van der Waals surface area (Å²) in [5, 5.41) is 3.65. The van der Waals surface area contributed by atoms with Gasteiger partial charge in [0.2, 0.25) is 0 Å². The van der Waals surface area contributed by atoms with Gasteiger partial charge in [-0.2, -0.15) is 4.98 Å². The standard InChI is InChI=1S/C7H9ClN2O2/c1-7(3-2-4-11-7)5-9-6(8)10-12-5/h2-4H2,1H3. The lowest BCUT2D eigenvalue weighted by Crippen LogP contribution is -2.20. The van der Waals surface area contributed by atoms with Crippen molar-refractivity contribution in [2.45, 2.75) is 25.4 Å². The molecule has 0 saturated carbocycles. The van der Waals surface area contributed by atoms with Crippen molar-refractivity contribution in [1.29, 1.82) is 0 Å². The number of halogens is 1. The van der Waals surface area contributed by atoms with Crippen LogP contribution in [0.25, 0.3) is 0 Å². The van der Waals surface area contributed by atoms with Crippen LogP contribution in [0.2, 0.25) is 5.28 Å². The third kappa shape index (κ3) is 1.21. The molecule has 0 spiro atoms. The summed E-state index contributed by atoms with van der Waals surface area (Å²) in [6.07, 6.45) is 1.93. The van der Waals surface area contributed by atoms with Gasteiger partial charge in [-0.1, -0.05) is 0 Å². The smallest absolute Gasteiger partial charge is 0.263 e. The van der Waals surface area contributed by atoms with E-state index in [0.29, 0.717) is 5.89 Å². The molecule has 0 aromatic carbocycles. The van der Waals surface area contributed by atoms with E-state index in [0.717, 1.165) is 19.4 Å². The van der Waals surface area contributed by atoms with E-state index in [4.69, 9.17) is 20.9 Å². The molecule has 1 aliphatic rings. The van der Waals surface area contributed by atoms with Crippen LogP contribution in [0.3, 0.4) is 0 Å². The predicted molar refractivity (Wildman–Crippen MR) is 41.8 cm³/mol. The van der Waals surface area contributed by atoms with Crippen LogP contribution in [0.4, 0.5) is 0 Å². The highest BCUT2D eigenvalue weighted by Crippen LogP contribution is 2.34. The molecule has 1 fully saturated rings. The first-order valence-corrected chi connectivity index (χ1v) is 4.22. The quantitative estimate of drug-likeness (QED) is 0.674. The molecular formula is C7H9ClN2O2. The lowest BCUT2D eigenvalue weighted by atomic mass is 10.0. The van der Waals surface area contributed by atoms with Crippen LogP contribution < -0.4 is 0 Å². The van der Waals surface area contributed by atoms with E-state index in [9.17, 15) is 0 Å². The molecule has 0 N–H and O–H groups in total. The Morgan fingerprint density at radius 2 is 2.42 bits per heavy atom. The van der Waals surface area contributed by atoms with Crippen molar-refractivity contribution in [3.05, 3.63) is 11.2 Å². The largest absolute Gasteiger partial charge is 0.365 e. The summed E-state index contributed by atoms with van der Waals surface area (Å²) in [6.45, 7) is 2.68. The highest BCUT2D eigenvalue weighted by atomic mass is 35.5. The fourth-order valence-electron chi connectivity index (χ4n) is 1.37. The number of ether oxygens (including phenoxy) is 1. The van der Waals surface area contributed by atoms with Crippen molar-refractivity contribution < 1.29 is 9.26 Å². The zero-order valence-electron chi connectivity index (χ0n) is 6.71. The maximum Gasteiger partial charge on any atom is 0.263 e. The topological polar surface area (TPSA) is 48.2 Å². The van der Waals surface area contributed by atoms with Crippen molar-refractivity contribution in [3.8, 4) is 0 Å². The summed E-state index contributed by atoms with van der Waals surface area (Å²) < 4.78 is 10.4. The molecular weight excluding hydrogens is 180 g/mol. The molecule has 1 aliphatic heterocycles. The maximum absolute atomic E-state index is 5.53. The molecule has 1 unspecified atom stereocenters. The lowest BCUT2D eigenvalue weighted by Gasteiger charge is -2.16. The predicted octanol–water partition coefficient (Wildman–Crippen LogP) is 1.75. The molecule has 0 bridgehead atoms. The molecule has 66 valence electrons. The van der Waals surface area contributed by atoms with Crippen LogP contribution in [0.1, 0.15) is 25.7 Å². The van der Waals surface area contributed by atoms with Gasteiger partial charge >= 0.3 is 0 Å². The zero-order chi connectivity index (χ0) is 8.60. The molecule has 0 amide bonds. The molecule has 4 nitrogen and oxygen atoms in total. The molecule has 1 saturated heterocycles. The Balaban J connectivity index is 2.28. The molecule has 2 heterocycles. The van der Waals surface area contributed by atoms with Crippen LogP contribution in [-0.4, -0.2) is 16.7 Å². The maximum atomic E-state index is 5.53. The Hall–Kier alpha value is -0.610. The summed E-state index contributed by atoms with van der Waals surface area (Å²) >= 11 is 5.53.